The van der Waals surface area contributed by atoms with E-state index in [9.17, 15) is 0 Å². The molecule has 2 aromatic rings. The van der Waals surface area contributed by atoms with Gasteiger partial charge in [-0.25, -0.2) is 0 Å². The van der Waals surface area contributed by atoms with E-state index in [1.807, 2.05) is 12.1 Å². The molecule has 2 heterocycles. The van der Waals surface area contributed by atoms with Gasteiger partial charge >= 0.3 is 0 Å². The summed E-state index contributed by atoms with van der Waals surface area (Å²) in [5.41, 5.74) is 0. The third-order valence-corrected chi connectivity index (χ3v) is 4.32. The quantitative estimate of drug-likeness (QED) is 0.919. The van der Waals surface area contributed by atoms with Crippen molar-refractivity contribution >= 4 is 21.6 Å². The van der Waals surface area contributed by atoms with Gasteiger partial charge in [-0.1, -0.05) is 12.1 Å². The second-order valence-corrected chi connectivity index (χ2v) is 5.64. The van der Waals surface area contributed by atoms with Crippen LogP contribution in [0.3, 0.4) is 0 Å². The minimum atomic E-state index is 0.767. The predicted molar refractivity (Wildman–Crippen MR) is 75.3 cm³/mol. The molecule has 0 bridgehead atoms. The summed E-state index contributed by atoms with van der Waals surface area (Å²) in [7, 11) is 0. The van der Waals surface area contributed by atoms with Crippen LogP contribution in [0.25, 0.3) is 10.1 Å². The maximum atomic E-state index is 5.83. The first-order valence-corrected chi connectivity index (χ1v) is 7.39. The van der Waals surface area contributed by atoms with Crippen LogP contribution < -0.4 is 10.1 Å². The Bertz CT molecular complexity index is 505. The monoisotopic (exact) mass is 262 g/mol. The standard InChI is InChI=1S/C14H18N2OS/c1-2-6-13-12(5-1)14(16-18-13)17-9-7-11-4-3-8-15-10-11/h1-2,5-6,11,15H,3-4,7-10H2. The van der Waals surface area contributed by atoms with Crippen molar-refractivity contribution in [2.45, 2.75) is 19.3 Å². The Balaban J connectivity index is 1.56. The summed E-state index contributed by atoms with van der Waals surface area (Å²) in [5, 5.41) is 4.58. The third kappa shape index (κ3) is 2.65. The van der Waals surface area contributed by atoms with Gasteiger partial charge in [-0.3, -0.25) is 0 Å². The zero-order valence-corrected chi connectivity index (χ0v) is 11.2. The zero-order valence-electron chi connectivity index (χ0n) is 10.4. The number of hydrogen-bond donors (Lipinski definition) is 1. The average molecular weight is 262 g/mol. The van der Waals surface area contributed by atoms with E-state index >= 15 is 0 Å². The average Bonchev–Trinajstić information content (AvgIpc) is 2.84. The molecule has 0 radical (unpaired) electrons. The van der Waals surface area contributed by atoms with Crippen molar-refractivity contribution in [2.24, 2.45) is 5.92 Å². The molecule has 0 amide bonds. The van der Waals surface area contributed by atoms with E-state index in [-0.39, 0.29) is 0 Å². The van der Waals surface area contributed by atoms with Gasteiger partial charge in [0.1, 0.15) is 0 Å². The van der Waals surface area contributed by atoms with E-state index < -0.39 is 0 Å². The molecule has 4 heteroatoms. The second-order valence-electron chi connectivity index (χ2n) is 4.83. The Labute approximate surface area is 111 Å². The molecular formula is C14H18N2OS. The molecule has 1 aromatic heterocycles. The lowest BCUT2D eigenvalue weighted by molar-refractivity contribution is 0.251. The minimum Gasteiger partial charge on any atom is -0.477 e. The Morgan fingerprint density at radius 1 is 1.39 bits per heavy atom. The van der Waals surface area contributed by atoms with E-state index in [2.05, 4.69) is 21.8 Å². The van der Waals surface area contributed by atoms with Crippen molar-refractivity contribution in [1.82, 2.24) is 9.69 Å². The highest BCUT2D eigenvalue weighted by Crippen LogP contribution is 2.28. The topological polar surface area (TPSA) is 34.1 Å². The number of piperidine rings is 1. The van der Waals surface area contributed by atoms with Crippen LogP contribution in [-0.4, -0.2) is 24.1 Å². The van der Waals surface area contributed by atoms with E-state index in [0.717, 1.165) is 36.8 Å². The number of ether oxygens (including phenoxy) is 1. The summed E-state index contributed by atoms with van der Waals surface area (Å²) in [6, 6.07) is 8.24. The van der Waals surface area contributed by atoms with Gasteiger partial charge < -0.3 is 10.1 Å². The predicted octanol–water partition coefficient (Wildman–Crippen LogP) is 3.06. The van der Waals surface area contributed by atoms with Crippen LogP contribution in [0.1, 0.15) is 19.3 Å². The van der Waals surface area contributed by atoms with Gasteiger partial charge in [-0.2, -0.15) is 4.37 Å². The third-order valence-electron chi connectivity index (χ3n) is 3.51. The van der Waals surface area contributed by atoms with Crippen LogP contribution in [0.2, 0.25) is 0 Å². The molecule has 18 heavy (non-hydrogen) atoms. The normalized spacial score (nSPS) is 20.1. The number of benzene rings is 1. The molecule has 3 nitrogen and oxygen atoms in total. The maximum Gasteiger partial charge on any atom is 0.233 e. The summed E-state index contributed by atoms with van der Waals surface area (Å²) < 4.78 is 11.4. The van der Waals surface area contributed by atoms with Gasteiger partial charge in [0, 0.05) is 0 Å². The lowest BCUT2D eigenvalue weighted by Crippen LogP contribution is -2.30. The fourth-order valence-electron chi connectivity index (χ4n) is 2.46. The molecule has 0 spiro atoms. The van der Waals surface area contributed by atoms with Crippen LogP contribution in [-0.2, 0) is 0 Å². The van der Waals surface area contributed by atoms with Crippen molar-refractivity contribution in [3.63, 3.8) is 0 Å². The molecule has 1 fully saturated rings. The molecule has 1 N–H and O–H groups in total. The fraction of sp³-hybridized carbons (Fsp3) is 0.500. The fourth-order valence-corrected chi connectivity index (χ4v) is 3.18. The lowest BCUT2D eigenvalue weighted by atomic mass is 9.97. The highest BCUT2D eigenvalue weighted by molar-refractivity contribution is 7.13. The number of aromatic nitrogens is 1. The van der Waals surface area contributed by atoms with Gasteiger partial charge in [-0.05, 0) is 61.9 Å². The van der Waals surface area contributed by atoms with Crippen molar-refractivity contribution < 1.29 is 4.74 Å². The Hall–Kier alpha value is -1.13. The zero-order chi connectivity index (χ0) is 12.2. The van der Waals surface area contributed by atoms with Crippen molar-refractivity contribution in [2.75, 3.05) is 19.7 Å². The summed E-state index contributed by atoms with van der Waals surface area (Å²) in [4.78, 5) is 0. The van der Waals surface area contributed by atoms with Crippen LogP contribution in [0.5, 0.6) is 5.88 Å². The highest BCUT2D eigenvalue weighted by Gasteiger charge is 2.13. The van der Waals surface area contributed by atoms with E-state index in [0.29, 0.717) is 0 Å². The van der Waals surface area contributed by atoms with E-state index in [1.54, 1.807) is 0 Å². The molecule has 1 aliphatic heterocycles. The minimum absolute atomic E-state index is 0.767. The maximum absolute atomic E-state index is 5.83. The van der Waals surface area contributed by atoms with E-state index in [4.69, 9.17) is 4.74 Å². The lowest BCUT2D eigenvalue weighted by Gasteiger charge is -2.22. The summed E-state index contributed by atoms with van der Waals surface area (Å²) >= 11 is 1.51. The molecule has 1 aromatic carbocycles. The largest absolute Gasteiger partial charge is 0.477 e. The Morgan fingerprint density at radius 2 is 2.33 bits per heavy atom. The van der Waals surface area contributed by atoms with Crippen LogP contribution in [0.4, 0.5) is 0 Å². The molecule has 3 rings (SSSR count). The molecule has 0 aliphatic carbocycles. The molecule has 96 valence electrons. The van der Waals surface area contributed by atoms with Crippen LogP contribution >= 0.6 is 11.5 Å². The van der Waals surface area contributed by atoms with Gasteiger partial charge in [0.15, 0.2) is 0 Å². The molecule has 1 unspecified atom stereocenters. The van der Waals surface area contributed by atoms with Crippen molar-refractivity contribution in [3.8, 4) is 5.88 Å². The van der Waals surface area contributed by atoms with Crippen LogP contribution in [0.15, 0.2) is 24.3 Å². The van der Waals surface area contributed by atoms with Gasteiger partial charge in [0.25, 0.3) is 0 Å². The SMILES string of the molecule is c1ccc2c(OCCC3CCCNC3)nsc2c1. The molecular weight excluding hydrogens is 244 g/mol. The number of nitrogens with one attached hydrogen (secondary N) is 1. The number of nitrogens with zero attached hydrogens (tertiary/aromatic N) is 1. The highest BCUT2D eigenvalue weighted by atomic mass is 32.1. The molecule has 0 saturated carbocycles. The second kappa shape index (κ2) is 5.67. The van der Waals surface area contributed by atoms with Crippen LogP contribution in [0, 0.1) is 5.92 Å². The number of rotatable bonds is 4. The Kier molecular flexibility index (Phi) is 3.76. The van der Waals surface area contributed by atoms with Crippen molar-refractivity contribution in [3.05, 3.63) is 24.3 Å². The van der Waals surface area contributed by atoms with Gasteiger partial charge in [0.2, 0.25) is 5.88 Å². The van der Waals surface area contributed by atoms with Gasteiger partial charge in [-0.15, -0.1) is 0 Å². The Morgan fingerprint density at radius 3 is 3.22 bits per heavy atom. The summed E-state index contributed by atoms with van der Waals surface area (Å²) in [6.07, 6.45) is 3.75. The number of fused-ring (bicyclic) bond motifs is 1. The summed E-state index contributed by atoms with van der Waals surface area (Å²) in [6.45, 7) is 3.09. The smallest absolute Gasteiger partial charge is 0.233 e. The first-order chi connectivity index (χ1) is 8.93. The number of hydrogen-bond acceptors (Lipinski definition) is 4. The molecule has 1 saturated heterocycles. The van der Waals surface area contributed by atoms with Gasteiger partial charge in [0.05, 0.1) is 16.7 Å². The first kappa shape index (κ1) is 11.9. The molecule has 1 aliphatic rings. The first-order valence-electron chi connectivity index (χ1n) is 6.61. The van der Waals surface area contributed by atoms with Crippen molar-refractivity contribution in [1.29, 1.82) is 0 Å². The summed E-state index contributed by atoms with van der Waals surface area (Å²) in [5.74, 6) is 1.57. The molecule has 1 atom stereocenters. The van der Waals surface area contributed by atoms with E-state index in [1.165, 1.54) is 35.6 Å².